The largest absolute Gasteiger partial charge is 0.391 e. The van der Waals surface area contributed by atoms with Crippen molar-refractivity contribution in [1.82, 2.24) is 19.7 Å². The predicted molar refractivity (Wildman–Crippen MR) is 91.5 cm³/mol. The van der Waals surface area contributed by atoms with Gasteiger partial charge in [0.15, 0.2) is 5.82 Å². The van der Waals surface area contributed by atoms with Crippen molar-refractivity contribution >= 4 is 0 Å². The molecule has 0 spiro atoms. The van der Waals surface area contributed by atoms with Crippen LogP contribution < -0.4 is 0 Å². The molecule has 1 saturated carbocycles. The molecule has 0 radical (unpaired) electrons. The van der Waals surface area contributed by atoms with Gasteiger partial charge in [-0.3, -0.25) is 0 Å². The van der Waals surface area contributed by atoms with Crippen LogP contribution in [0.5, 0.6) is 0 Å². The molecule has 5 nitrogen and oxygen atoms in total. The molecule has 1 aliphatic carbocycles. The molecule has 130 valence electrons. The van der Waals surface area contributed by atoms with Crippen molar-refractivity contribution in [3.63, 3.8) is 0 Å². The van der Waals surface area contributed by atoms with Crippen molar-refractivity contribution in [1.29, 1.82) is 0 Å². The number of aliphatic hydroxyl groups is 1. The molecule has 1 saturated heterocycles. The summed E-state index contributed by atoms with van der Waals surface area (Å²) < 4.78 is 1.98. The molecular formula is C18H32N4O. The maximum atomic E-state index is 9.99. The second-order valence-electron chi connectivity index (χ2n) is 7.26. The highest BCUT2D eigenvalue weighted by atomic mass is 16.3. The van der Waals surface area contributed by atoms with E-state index in [1.165, 1.54) is 58.0 Å². The summed E-state index contributed by atoms with van der Waals surface area (Å²) in [6.07, 6.45) is 10.7. The van der Waals surface area contributed by atoms with Crippen molar-refractivity contribution in [3.05, 3.63) is 11.6 Å². The van der Waals surface area contributed by atoms with Crippen LogP contribution in [-0.4, -0.2) is 50.5 Å². The molecule has 2 fully saturated rings. The monoisotopic (exact) mass is 320 g/mol. The average Bonchev–Trinajstić information content (AvgIpc) is 3.29. The van der Waals surface area contributed by atoms with Gasteiger partial charge in [0.25, 0.3) is 0 Å². The van der Waals surface area contributed by atoms with Gasteiger partial charge >= 0.3 is 0 Å². The van der Waals surface area contributed by atoms with Crippen molar-refractivity contribution in [2.45, 2.75) is 83.3 Å². The fourth-order valence-corrected chi connectivity index (χ4v) is 3.36. The van der Waals surface area contributed by atoms with E-state index >= 15 is 0 Å². The molecule has 0 bridgehead atoms. The highest BCUT2D eigenvalue weighted by Crippen LogP contribution is 2.38. The summed E-state index contributed by atoms with van der Waals surface area (Å²) in [6.45, 7) is 6.13. The number of hydrogen-bond acceptors (Lipinski definition) is 4. The number of hydrogen-bond donors (Lipinski definition) is 1. The van der Waals surface area contributed by atoms with Gasteiger partial charge in [0.05, 0.1) is 12.6 Å². The van der Waals surface area contributed by atoms with Crippen LogP contribution in [0.4, 0.5) is 0 Å². The summed E-state index contributed by atoms with van der Waals surface area (Å²) in [4.78, 5) is 7.39. The van der Waals surface area contributed by atoms with E-state index in [-0.39, 0.29) is 6.10 Å². The summed E-state index contributed by atoms with van der Waals surface area (Å²) >= 11 is 0. The minimum Gasteiger partial charge on any atom is -0.391 e. The van der Waals surface area contributed by atoms with Crippen LogP contribution in [0, 0.1) is 0 Å². The summed E-state index contributed by atoms with van der Waals surface area (Å²) in [6, 6.07) is 0. The van der Waals surface area contributed by atoms with E-state index in [1.807, 2.05) is 11.6 Å². The van der Waals surface area contributed by atoms with Crippen LogP contribution in [0.15, 0.2) is 0 Å². The quantitative estimate of drug-likeness (QED) is 0.839. The molecule has 5 heteroatoms. The van der Waals surface area contributed by atoms with Crippen LogP contribution in [0.3, 0.4) is 0 Å². The zero-order chi connectivity index (χ0) is 16.1. The third kappa shape index (κ3) is 5.01. The Morgan fingerprint density at radius 3 is 2.48 bits per heavy atom. The fraction of sp³-hybridized carbons (Fsp3) is 0.889. The highest BCUT2D eigenvalue weighted by molar-refractivity contribution is 5.06. The van der Waals surface area contributed by atoms with E-state index in [1.54, 1.807) is 0 Å². The average molecular weight is 320 g/mol. The smallest absolute Gasteiger partial charge is 0.154 e. The zero-order valence-electron chi connectivity index (χ0n) is 14.6. The predicted octanol–water partition coefficient (Wildman–Crippen LogP) is 2.74. The van der Waals surface area contributed by atoms with E-state index in [0.29, 0.717) is 12.5 Å². The van der Waals surface area contributed by atoms with Gasteiger partial charge in [-0.15, -0.1) is 0 Å². The topological polar surface area (TPSA) is 54.2 Å². The molecule has 0 aromatic carbocycles. The van der Waals surface area contributed by atoms with E-state index in [0.717, 1.165) is 31.0 Å². The zero-order valence-corrected chi connectivity index (χ0v) is 14.6. The number of aromatic nitrogens is 3. The molecule has 2 aliphatic rings. The lowest BCUT2D eigenvalue weighted by atomic mass is 10.1. The van der Waals surface area contributed by atoms with Crippen LogP contribution in [0.1, 0.15) is 75.9 Å². The first-order valence-electron chi connectivity index (χ1n) is 9.60. The second kappa shape index (κ2) is 8.25. The Morgan fingerprint density at radius 1 is 1.13 bits per heavy atom. The first-order valence-corrected chi connectivity index (χ1v) is 9.60. The Balaban J connectivity index is 1.60. The third-order valence-corrected chi connectivity index (χ3v) is 5.16. The van der Waals surface area contributed by atoms with Crippen molar-refractivity contribution in [2.24, 2.45) is 0 Å². The highest BCUT2D eigenvalue weighted by Gasteiger charge is 2.29. The van der Waals surface area contributed by atoms with Gasteiger partial charge in [0, 0.05) is 18.9 Å². The van der Waals surface area contributed by atoms with Crippen LogP contribution in [-0.2, 0) is 13.0 Å². The lowest BCUT2D eigenvalue weighted by molar-refractivity contribution is 0.143. The van der Waals surface area contributed by atoms with E-state index < -0.39 is 0 Å². The van der Waals surface area contributed by atoms with Crippen molar-refractivity contribution in [3.8, 4) is 0 Å². The van der Waals surface area contributed by atoms with E-state index in [9.17, 15) is 5.11 Å². The number of rotatable bonds is 7. The molecule has 0 amide bonds. The first-order chi connectivity index (χ1) is 11.3. The van der Waals surface area contributed by atoms with Crippen molar-refractivity contribution in [2.75, 3.05) is 19.6 Å². The summed E-state index contributed by atoms with van der Waals surface area (Å²) in [5.74, 6) is 2.66. The molecule has 1 aromatic rings. The van der Waals surface area contributed by atoms with Gasteiger partial charge in [-0.2, -0.15) is 5.10 Å². The van der Waals surface area contributed by atoms with Gasteiger partial charge in [0.2, 0.25) is 0 Å². The van der Waals surface area contributed by atoms with Crippen LogP contribution >= 0.6 is 0 Å². The molecule has 1 N–H and O–H groups in total. The normalized spacial score (nSPS) is 21.8. The Labute approximate surface area is 140 Å². The Morgan fingerprint density at radius 2 is 1.83 bits per heavy atom. The maximum Gasteiger partial charge on any atom is 0.154 e. The molecule has 23 heavy (non-hydrogen) atoms. The number of likely N-dealkylation sites (tertiary alicyclic amines) is 1. The third-order valence-electron chi connectivity index (χ3n) is 5.16. The van der Waals surface area contributed by atoms with Crippen LogP contribution in [0.25, 0.3) is 0 Å². The number of aliphatic hydroxyl groups excluding tert-OH is 1. The van der Waals surface area contributed by atoms with Gasteiger partial charge in [-0.1, -0.05) is 26.2 Å². The summed E-state index contributed by atoms with van der Waals surface area (Å²) in [7, 11) is 0. The Bertz CT molecular complexity index is 475. The maximum absolute atomic E-state index is 9.99. The minimum atomic E-state index is -0.316. The Hall–Kier alpha value is -0.940. The summed E-state index contributed by atoms with van der Waals surface area (Å²) in [5, 5.41) is 14.7. The fourth-order valence-electron chi connectivity index (χ4n) is 3.36. The van der Waals surface area contributed by atoms with Crippen LogP contribution in [0.2, 0.25) is 0 Å². The van der Waals surface area contributed by atoms with E-state index in [4.69, 9.17) is 4.98 Å². The SMILES string of the molecule is CCC(O)Cn1nc(C2CC2)nc1CCN1CCCCCCC1. The van der Waals surface area contributed by atoms with Gasteiger partial charge in [-0.05, 0) is 45.2 Å². The molecule has 1 atom stereocenters. The summed E-state index contributed by atoms with van der Waals surface area (Å²) in [5.41, 5.74) is 0. The lowest BCUT2D eigenvalue weighted by Crippen LogP contribution is -2.30. The lowest BCUT2D eigenvalue weighted by Gasteiger charge is -2.24. The van der Waals surface area contributed by atoms with E-state index in [2.05, 4.69) is 10.00 Å². The molecule has 3 rings (SSSR count). The first kappa shape index (κ1) is 16.9. The molecule has 1 aromatic heterocycles. The molecule has 1 aliphatic heterocycles. The standard InChI is InChI=1S/C18H32N4O/c1-2-16(23)14-22-17(19-18(20-22)15-8-9-15)10-13-21-11-6-4-3-5-7-12-21/h15-16,23H,2-14H2,1H3. The second-order valence-corrected chi connectivity index (χ2v) is 7.26. The van der Waals surface area contributed by atoms with Gasteiger partial charge < -0.3 is 10.0 Å². The molecule has 2 heterocycles. The molecular weight excluding hydrogens is 288 g/mol. The van der Waals surface area contributed by atoms with Crippen molar-refractivity contribution < 1.29 is 5.11 Å². The van der Waals surface area contributed by atoms with Gasteiger partial charge in [-0.25, -0.2) is 9.67 Å². The number of nitrogens with zero attached hydrogens (tertiary/aromatic N) is 4. The Kier molecular flexibility index (Phi) is 6.06. The van der Waals surface area contributed by atoms with Gasteiger partial charge in [0.1, 0.15) is 5.82 Å². The molecule has 1 unspecified atom stereocenters. The minimum absolute atomic E-state index is 0.316.